The molecule has 0 saturated carbocycles. The van der Waals surface area contributed by atoms with Gasteiger partial charge in [0.1, 0.15) is 11.2 Å². The highest BCUT2D eigenvalue weighted by Gasteiger charge is 2.23. The molecule has 3 heterocycles. The van der Waals surface area contributed by atoms with Crippen molar-refractivity contribution in [2.24, 2.45) is 32.9 Å². The first kappa shape index (κ1) is 52.4. The molecule has 3 aromatic carbocycles. The highest BCUT2D eigenvalue weighted by atomic mass is 35.5. The van der Waals surface area contributed by atoms with Gasteiger partial charge in [0.2, 0.25) is 30.1 Å². The van der Waals surface area contributed by atoms with Crippen molar-refractivity contribution in [1.29, 1.82) is 0 Å². The summed E-state index contributed by atoms with van der Waals surface area (Å²) in [5.41, 5.74) is 21.4. The molecule has 1 atom stereocenters. The molecule has 6 aromatic rings. The zero-order valence-electron chi connectivity index (χ0n) is 34.7. The molecule has 348 valence electrons. The summed E-state index contributed by atoms with van der Waals surface area (Å²) in [5.74, 6) is -1.43. The van der Waals surface area contributed by atoms with Crippen LogP contribution in [0.15, 0.2) is 97.9 Å². The number of guanidine groups is 2. The summed E-state index contributed by atoms with van der Waals surface area (Å²) in [6.07, 6.45) is 4.18. The molecular weight excluding hydrogens is 991 g/mol. The quantitative estimate of drug-likeness (QED) is 0.0441. The lowest BCUT2D eigenvalue weighted by Gasteiger charge is -2.11. The van der Waals surface area contributed by atoms with Gasteiger partial charge in [0.25, 0.3) is 0 Å². The Bertz CT molecular complexity index is 3190. The molecule has 12 N–H and O–H groups in total. The topological polar surface area (TPSA) is 343 Å². The van der Waals surface area contributed by atoms with E-state index in [-0.39, 0.29) is 60.5 Å². The second kappa shape index (κ2) is 21.4. The molecule has 6 rings (SSSR count). The number of aliphatic imine (C=N–C) groups is 2. The van der Waals surface area contributed by atoms with E-state index in [1.165, 1.54) is 68.0 Å². The Morgan fingerprint density at radius 1 is 0.538 bits per heavy atom. The van der Waals surface area contributed by atoms with Crippen LogP contribution in [0.25, 0.3) is 32.3 Å². The minimum Gasteiger partial charge on any atom is -0.480 e. The van der Waals surface area contributed by atoms with Crippen molar-refractivity contribution in [2.45, 2.75) is 67.4 Å². The summed E-state index contributed by atoms with van der Waals surface area (Å²) < 4.78 is 80.3. The van der Waals surface area contributed by atoms with Crippen molar-refractivity contribution in [3.05, 3.63) is 93.4 Å². The van der Waals surface area contributed by atoms with Crippen LogP contribution in [-0.2, 0) is 34.9 Å². The number of nitrogens with one attached hydrogen (secondary N) is 3. The lowest BCUT2D eigenvalue weighted by Crippen LogP contribution is -2.38. The summed E-state index contributed by atoms with van der Waals surface area (Å²) in [4.78, 5) is 30.5. The number of rotatable bonds is 12. The summed E-state index contributed by atoms with van der Waals surface area (Å²) >= 11 is 24.1. The fourth-order valence-electron chi connectivity index (χ4n) is 5.53. The minimum absolute atomic E-state index is 0.0878. The maximum absolute atomic E-state index is 12.3. The number of pyridine rings is 3. The van der Waals surface area contributed by atoms with E-state index in [1.54, 1.807) is 39.8 Å². The molecule has 0 aliphatic heterocycles. The first-order valence-electron chi connectivity index (χ1n) is 18.5. The van der Waals surface area contributed by atoms with E-state index in [0.29, 0.717) is 42.4 Å². The zero-order chi connectivity index (χ0) is 48.8. The number of nitrogens with two attached hydrogens (primary N) is 4. The third-order valence-corrected chi connectivity index (χ3v) is 14.3. The molecule has 0 amide bonds. The Morgan fingerprint density at radius 3 is 1.20 bits per heavy atom. The van der Waals surface area contributed by atoms with Crippen LogP contribution in [0.2, 0.25) is 20.2 Å². The number of aliphatic carboxylic acids is 1. The van der Waals surface area contributed by atoms with Gasteiger partial charge in [-0.1, -0.05) is 64.6 Å². The van der Waals surface area contributed by atoms with Gasteiger partial charge in [-0.15, -0.1) is 0 Å². The Morgan fingerprint density at radius 2 is 0.862 bits per heavy atom. The number of sulfonamides is 3. The van der Waals surface area contributed by atoms with Crippen LogP contribution in [0.1, 0.15) is 34.6 Å². The van der Waals surface area contributed by atoms with E-state index < -0.39 is 42.1 Å². The fraction of sp³-hybridized carbons (Fsp3) is 0.211. The minimum atomic E-state index is -4.07. The SMILES string of the molecule is CC(C)NS(=O)(=O)c1ccc2c(Cl)cnc(Cl)c2c1.CC(C)NS(=O)(=O)c1ccc2c(Cl)cnc(N=C(N)N)c2c1.C[C@H](NS(=O)(=O)c1ccc2c(Cl)cnc(N=C(N)N)c2c1)C(=O)O. The molecule has 0 unspecified atom stereocenters. The molecule has 0 fully saturated rings. The first-order chi connectivity index (χ1) is 30.1. The number of carbonyl (C=O) groups is 1. The summed E-state index contributed by atoms with van der Waals surface area (Å²) in [6, 6.07) is 11.4. The standard InChI is InChI=1S/C13H14ClN5O4S.C13H16ClN5O2S.C12H12Cl2N2O2S/c1-6(12(20)21)19-24(22,23)7-2-3-8-9(4-7)11(18-13(15)16)17-5-10(8)14;1-7(2)19-22(20,21)8-3-4-9-10(5-8)12(18-13(15)16)17-6-11(9)14;1-7(2)16-19(17,18)8-3-4-9-10(5-8)12(14)15-6-11(9)13/h2-6,19H,1H3,(H,20,21)(H4,15,16,17,18);3-7,19H,1-2H3,(H4,15,16,17,18);3-7,16H,1-2H3/t6-;;/m0../s1. The van der Waals surface area contributed by atoms with E-state index in [2.05, 4.69) is 34.4 Å². The van der Waals surface area contributed by atoms with Crippen LogP contribution >= 0.6 is 46.4 Å². The summed E-state index contributed by atoms with van der Waals surface area (Å²) in [5, 5.41) is 13.2. The van der Waals surface area contributed by atoms with Crippen molar-refractivity contribution >= 4 is 138 Å². The number of carboxylic acid groups (broad SMARTS) is 1. The van der Waals surface area contributed by atoms with Crippen molar-refractivity contribution in [1.82, 2.24) is 29.1 Å². The number of nitrogens with zero attached hydrogens (tertiary/aromatic N) is 5. The number of fused-ring (bicyclic) bond motifs is 3. The monoisotopic (exact) mass is 1030 g/mol. The van der Waals surface area contributed by atoms with Gasteiger partial charge < -0.3 is 28.0 Å². The first-order valence-corrected chi connectivity index (χ1v) is 24.5. The third-order valence-electron chi connectivity index (χ3n) is 8.23. The fourth-order valence-corrected chi connectivity index (χ4v) is 10.2. The largest absolute Gasteiger partial charge is 0.480 e. The van der Waals surface area contributed by atoms with Crippen molar-refractivity contribution in [3.63, 3.8) is 0 Å². The number of aromatic nitrogens is 3. The molecule has 27 heteroatoms. The van der Waals surface area contributed by atoms with Crippen molar-refractivity contribution in [3.8, 4) is 0 Å². The van der Waals surface area contributed by atoms with Gasteiger partial charge in [-0.2, -0.15) is 14.7 Å². The van der Waals surface area contributed by atoms with Gasteiger partial charge in [-0.05, 0) is 71.0 Å². The van der Waals surface area contributed by atoms with Crippen molar-refractivity contribution in [2.75, 3.05) is 0 Å². The van der Waals surface area contributed by atoms with Crippen LogP contribution < -0.4 is 37.1 Å². The number of benzene rings is 3. The second-order valence-corrected chi connectivity index (χ2v) is 20.9. The van der Waals surface area contributed by atoms with E-state index in [4.69, 9.17) is 74.4 Å². The Kier molecular flexibility index (Phi) is 17.3. The Labute approximate surface area is 394 Å². The molecular formula is C38H42Cl4N12O8S3. The van der Waals surface area contributed by atoms with Gasteiger partial charge in [-0.3, -0.25) is 4.79 Å². The predicted molar refractivity (Wildman–Crippen MR) is 255 cm³/mol. The smallest absolute Gasteiger partial charge is 0.321 e. The van der Waals surface area contributed by atoms with Crippen LogP contribution in [0, 0.1) is 0 Å². The molecule has 0 spiro atoms. The number of carboxylic acids is 1. The van der Waals surface area contributed by atoms with E-state index in [9.17, 15) is 30.0 Å². The third kappa shape index (κ3) is 13.7. The Balaban J connectivity index is 0.000000215. The molecule has 65 heavy (non-hydrogen) atoms. The van der Waals surface area contributed by atoms with Crippen LogP contribution in [-0.4, -0.2) is 81.3 Å². The highest BCUT2D eigenvalue weighted by molar-refractivity contribution is 7.90. The highest BCUT2D eigenvalue weighted by Crippen LogP contribution is 2.33. The van der Waals surface area contributed by atoms with Gasteiger partial charge in [0, 0.05) is 63.0 Å². The van der Waals surface area contributed by atoms with E-state index >= 15 is 0 Å². The van der Waals surface area contributed by atoms with Crippen LogP contribution in [0.4, 0.5) is 11.6 Å². The van der Waals surface area contributed by atoms with Crippen LogP contribution in [0.5, 0.6) is 0 Å². The zero-order valence-corrected chi connectivity index (χ0v) is 40.2. The number of halogens is 4. The molecule has 0 saturated heterocycles. The summed E-state index contributed by atoms with van der Waals surface area (Å²) in [6.45, 7) is 8.20. The predicted octanol–water partition coefficient (Wildman–Crippen LogP) is 5.25. The normalized spacial score (nSPS) is 12.3. The lowest BCUT2D eigenvalue weighted by molar-refractivity contribution is -0.138. The van der Waals surface area contributed by atoms with Gasteiger partial charge in [0.05, 0.1) is 29.8 Å². The van der Waals surface area contributed by atoms with Crippen molar-refractivity contribution < 1.29 is 35.2 Å². The van der Waals surface area contributed by atoms with E-state index in [0.717, 1.165) is 0 Å². The van der Waals surface area contributed by atoms with Gasteiger partial charge in [0.15, 0.2) is 23.6 Å². The van der Waals surface area contributed by atoms with Crippen LogP contribution in [0.3, 0.4) is 0 Å². The summed E-state index contributed by atoms with van der Waals surface area (Å²) in [7, 11) is -11.3. The number of hydrogen-bond acceptors (Lipinski definition) is 12. The van der Waals surface area contributed by atoms with Gasteiger partial charge >= 0.3 is 5.97 Å². The molecule has 20 nitrogen and oxygen atoms in total. The molecule has 0 bridgehead atoms. The van der Waals surface area contributed by atoms with Gasteiger partial charge in [-0.25, -0.2) is 49.6 Å². The average molecular weight is 1030 g/mol. The maximum Gasteiger partial charge on any atom is 0.321 e. The Hall–Kier alpha value is -5.21. The molecule has 0 aliphatic rings. The molecule has 3 aromatic heterocycles. The molecule has 0 aliphatic carbocycles. The average Bonchev–Trinajstić information content (AvgIpc) is 3.20. The maximum atomic E-state index is 12.3. The number of hydrogen-bond donors (Lipinski definition) is 8. The van der Waals surface area contributed by atoms with E-state index in [1.807, 2.05) is 4.72 Å². The lowest BCUT2D eigenvalue weighted by atomic mass is 10.1. The second-order valence-electron chi connectivity index (χ2n) is 14.2. The molecule has 0 radical (unpaired) electrons.